The molecule has 3 nitrogen and oxygen atoms in total. The van der Waals surface area contributed by atoms with Gasteiger partial charge in [0.15, 0.2) is 0 Å². The maximum absolute atomic E-state index is 5.60. The number of aromatic nitrogens is 2. The third-order valence-corrected chi connectivity index (χ3v) is 2.04. The minimum absolute atomic E-state index is 0.589. The van der Waals surface area contributed by atoms with E-state index in [1.807, 2.05) is 16.9 Å². The van der Waals surface area contributed by atoms with E-state index in [4.69, 9.17) is 4.74 Å². The number of nitrogens with zero attached hydrogens (tertiary/aromatic N) is 2. The lowest BCUT2D eigenvalue weighted by atomic mass is 10.2. The lowest BCUT2D eigenvalue weighted by Crippen LogP contribution is -2.11. The highest BCUT2D eigenvalue weighted by molar-refractivity contribution is 4.98. The van der Waals surface area contributed by atoms with Crippen LogP contribution >= 0.6 is 0 Å². The van der Waals surface area contributed by atoms with Crippen LogP contribution < -0.4 is 0 Å². The molecule has 0 saturated heterocycles. The molecule has 0 saturated carbocycles. The van der Waals surface area contributed by atoms with Crippen LogP contribution in [-0.2, 0) is 17.9 Å². The fourth-order valence-corrected chi connectivity index (χ4v) is 1.39. The summed E-state index contributed by atoms with van der Waals surface area (Å²) in [6.07, 6.45) is 1.84. The summed E-state index contributed by atoms with van der Waals surface area (Å²) in [5.41, 5.74) is 1.17. The Hall–Kier alpha value is -0.830. The third-order valence-electron chi connectivity index (χ3n) is 2.04. The summed E-state index contributed by atoms with van der Waals surface area (Å²) in [5, 5.41) is 4.29. The van der Waals surface area contributed by atoms with Crippen molar-refractivity contribution in [3.8, 4) is 0 Å². The largest absolute Gasteiger partial charge is 0.375 e. The van der Waals surface area contributed by atoms with Crippen LogP contribution in [0.3, 0.4) is 0 Å². The first-order valence-corrected chi connectivity index (χ1v) is 5.68. The topological polar surface area (TPSA) is 27.1 Å². The predicted molar refractivity (Wildman–Crippen MR) is 61.6 cm³/mol. The van der Waals surface area contributed by atoms with Gasteiger partial charge in [0.25, 0.3) is 0 Å². The van der Waals surface area contributed by atoms with Crippen LogP contribution in [0.25, 0.3) is 0 Å². The smallest absolute Gasteiger partial charge is 0.0884 e. The maximum Gasteiger partial charge on any atom is 0.0884 e. The summed E-state index contributed by atoms with van der Waals surface area (Å²) >= 11 is 0. The van der Waals surface area contributed by atoms with E-state index in [0.717, 1.165) is 13.2 Å². The SMILES string of the molecule is CC(C)COCc1ccnn1CC(C)C. The van der Waals surface area contributed by atoms with Crippen LogP contribution in [0.2, 0.25) is 0 Å². The second kappa shape index (κ2) is 5.91. The molecule has 1 rings (SSSR count). The zero-order valence-corrected chi connectivity index (χ0v) is 10.2. The van der Waals surface area contributed by atoms with Crippen molar-refractivity contribution >= 4 is 0 Å². The lowest BCUT2D eigenvalue weighted by Gasteiger charge is -2.11. The summed E-state index contributed by atoms with van der Waals surface area (Å²) in [6, 6.07) is 2.03. The zero-order valence-electron chi connectivity index (χ0n) is 10.2. The van der Waals surface area contributed by atoms with Crippen molar-refractivity contribution in [3.63, 3.8) is 0 Å². The zero-order chi connectivity index (χ0) is 11.3. The van der Waals surface area contributed by atoms with E-state index in [-0.39, 0.29) is 0 Å². The Morgan fingerprint density at radius 1 is 1.27 bits per heavy atom. The Morgan fingerprint density at radius 3 is 2.60 bits per heavy atom. The van der Waals surface area contributed by atoms with Crippen LogP contribution in [0.1, 0.15) is 33.4 Å². The molecule has 3 heteroatoms. The Bertz CT molecular complexity index is 279. The average Bonchev–Trinajstić information content (AvgIpc) is 2.51. The first kappa shape index (κ1) is 12.2. The molecule has 0 aliphatic rings. The fourth-order valence-electron chi connectivity index (χ4n) is 1.39. The Labute approximate surface area is 92.4 Å². The Kier molecular flexibility index (Phi) is 4.82. The molecule has 1 aromatic heterocycles. The number of hydrogen-bond donors (Lipinski definition) is 0. The summed E-state index contributed by atoms with van der Waals surface area (Å²) in [6.45, 7) is 11.2. The molecule has 0 aromatic carbocycles. The highest BCUT2D eigenvalue weighted by atomic mass is 16.5. The highest BCUT2D eigenvalue weighted by Gasteiger charge is 2.04. The highest BCUT2D eigenvalue weighted by Crippen LogP contribution is 2.06. The van der Waals surface area contributed by atoms with E-state index in [1.54, 1.807) is 0 Å². The molecular formula is C12H22N2O. The van der Waals surface area contributed by atoms with Crippen molar-refractivity contribution in [1.29, 1.82) is 0 Å². The second-order valence-electron chi connectivity index (χ2n) is 4.81. The monoisotopic (exact) mass is 210 g/mol. The van der Waals surface area contributed by atoms with Gasteiger partial charge in [-0.2, -0.15) is 5.10 Å². The molecule has 0 N–H and O–H groups in total. The van der Waals surface area contributed by atoms with Gasteiger partial charge in [-0.1, -0.05) is 27.7 Å². The Morgan fingerprint density at radius 2 is 2.00 bits per heavy atom. The van der Waals surface area contributed by atoms with E-state index in [9.17, 15) is 0 Å². The molecule has 1 aromatic rings. The molecule has 86 valence electrons. The molecule has 1 heterocycles. The van der Waals surface area contributed by atoms with Crippen LogP contribution in [-0.4, -0.2) is 16.4 Å². The third kappa shape index (κ3) is 4.47. The molecule has 0 bridgehead atoms. The average molecular weight is 210 g/mol. The van der Waals surface area contributed by atoms with Crippen molar-refractivity contribution in [2.24, 2.45) is 11.8 Å². The first-order chi connectivity index (χ1) is 7.09. The maximum atomic E-state index is 5.60. The molecule has 15 heavy (non-hydrogen) atoms. The molecule has 0 radical (unpaired) electrons. The number of hydrogen-bond acceptors (Lipinski definition) is 2. The minimum Gasteiger partial charge on any atom is -0.375 e. The molecule has 0 fully saturated rings. The summed E-state index contributed by atoms with van der Waals surface area (Å²) in [7, 11) is 0. The van der Waals surface area contributed by atoms with E-state index >= 15 is 0 Å². The van der Waals surface area contributed by atoms with E-state index in [0.29, 0.717) is 18.4 Å². The van der Waals surface area contributed by atoms with Gasteiger partial charge < -0.3 is 4.74 Å². The number of rotatable bonds is 6. The summed E-state index contributed by atoms with van der Waals surface area (Å²) in [4.78, 5) is 0. The van der Waals surface area contributed by atoms with E-state index < -0.39 is 0 Å². The lowest BCUT2D eigenvalue weighted by molar-refractivity contribution is 0.0915. The van der Waals surface area contributed by atoms with Crippen LogP contribution in [0.15, 0.2) is 12.3 Å². The molecule has 0 aliphatic carbocycles. The van der Waals surface area contributed by atoms with Gasteiger partial charge in [0.05, 0.1) is 12.3 Å². The van der Waals surface area contributed by atoms with Gasteiger partial charge in [-0.25, -0.2) is 0 Å². The van der Waals surface area contributed by atoms with Gasteiger partial charge in [-0.15, -0.1) is 0 Å². The standard InChI is InChI=1S/C12H22N2O/c1-10(2)7-14-12(5-6-13-14)9-15-8-11(3)4/h5-6,10-11H,7-9H2,1-4H3. The van der Waals surface area contributed by atoms with E-state index in [1.165, 1.54) is 5.69 Å². The van der Waals surface area contributed by atoms with Crippen LogP contribution in [0, 0.1) is 11.8 Å². The molecule has 0 spiro atoms. The summed E-state index contributed by atoms with van der Waals surface area (Å²) in [5.74, 6) is 1.21. The fraction of sp³-hybridized carbons (Fsp3) is 0.750. The molecule has 0 atom stereocenters. The summed E-state index contributed by atoms with van der Waals surface area (Å²) < 4.78 is 7.63. The first-order valence-electron chi connectivity index (χ1n) is 5.68. The van der Waals surface area contributed by atoms with Gasteiger partial charge in [-0.05, 0) is 17.9 Å². The number of ether oxygens (including phenoxy) is 1. The second-order valence-corrected chi connectivity index (χ2v) is 4.81. The normalized spacial score (nSPS) is 11.6. The quantitative estimate of drug-likeness (QED) is 0.722. The van der Waals surface area contributed by atoms with Crippen molar-refractivity contribution < 1.29 is 4.74 Å². The van der Waals surface area contributed by atoms with Crippen LogP contribution in [0.5, 0.6) is 0 Å². The van der Waals surface area contributed by atoms with Gasteiger partial charge in [0.2, 0.25) is 0 Å². The minimum atomic E-state index is 0.589. The molecular weight excluding hydrogens is 188 g/mol. The van der Waals surface area contributed by atoms with Crippen LogP contribution in [0.4, 0.5) is 0 Å². The van der Waals surface area contributed by atoms with Gasteiger partial charge in [-0.3, -0.25) is 4.68 Å². The van der Waals surface area contributed by atoms with Crippen molar-refractivity contribution in [2.45, 2.75) is 40.8 Å². The van der Waals surface area contributed by atoms with Crippen molar-refractivity contribution in [1.82, 2.24) is 9.78 Å². The predicted octanol–water partition coefficient (Wildman–Crippen LogP) is 2.71. The van der Waals surface area contributed by atoms with Crippen molar-refractivity contribution in [3.05, 3.63) is 18.0 Å². The van der Waals surface area contributed by atoms with Gasteiger partial charge in [0.1, 0.15) is 0 Å². The molecule has 0 amide bonds. The van der Waals surface area contributed by atoms with Gasteiger partial charge in [0, 0.05) is 19.3 Å². The van der Waals surface area contributed by atoms with Gasteiger partial charge >= 0.3 is 0 Å². The molecule has 0 unspecified atom stereocenters. The Balaban J connectivity index is 2.43. The van der Waals surface area contributed by atoms with E-state index in [2.05, 4.69) is 32.8 Å². The molecule has 0 aliphatic heterocycles. The van der Waals surface area contributed by atoms with Crippen molar-refractivity contribution in [2.75, 3.05) is 6.61 Å².